The number of aliphatic hydroxyl groups excluding tert-OH is 3. The number of benzene rings is 7. The van der Waals surface area contributed by atoms with E-state index < -0.39 is 54.5 Å². The third-order valence-electron chi connectivity index (χ3n) is 11.2. The number of phenolic OH excluding ortho intramolecular Hbond substituents is 2. The fourth-order valence-corrected chi connectivity index (χ4v) is 7.73. The van der Waals surface area contributed by atoms with Crippen molar-refractivity contribution in [3.05, 3.63) is 179 Å². The van der Waals surface area contributed by atoms with Crippen molar-refractivity contribution in [3.8, 4) is 40.1 Å². The molecule has 9 rings (SSSR count). The Labute approximate surface area is 371 Å². The SMILES string of the molecule is O=C(/C=C/c1ccc(O)cc1)OC[C@H]1O[C@@H](Oc2cc3oc(-c4ccc(OCc5cccc6ccccc56)cc4)cc(=O)c3c(O)c2OCc2cccc3ccccc23)[C@H](O)[C@@H](O)[C@@H]1O. The van der Waals surface area contributed by atoms with Gasteiger partial charge in [-0.3, -0.25) is 4.79 Å². The van der Waals surface area contributed by atoms with Gasteiger partial charge in [-0.15, -0.1) is 0 Å². The average molecular weight is 875 g/mol. The third kappa shape index (κ3) is 9.21. The van der Waals surface area contributed by atoms with Gasteiger partial charge in [0.1, 0.15) is 72.5 Å². The van der Waals surface area contributed by atoms with Crippen LogP contribution in [0.4, 0.5) is 0 Å². The monoisotopic (exact) mass is 874 g/mol. The molecular formula is C52H42O13. The first-order chi connectivity index (χ1) is 31.6. The van der Waals surface area contributed by atoms with E-state index in [1.807, 2.05) is 84.9 Å². The van der Waals surface area contributed by atoms with Crippen LogP contribution in [0.2, 0.25) is 0 Å². The van der Waals surface area contributed by atoms with Crippen LogP contribution in [-0.4, -0.2) is 68.8 Å². The van der Waals surface area contributed by atoms with Gasteiger partial charge >= 0.3 is 5.97 Å². The lowest BCUT2D eigenvalue weighted by molar-refractivity contribution is -0.278. The van der Waals surface area contributed by atoms with E-state index in [1.165, 1.54) is 30.3 Å². The smallest absolute Gasteiger partial charge is 0.330 e. The van der Waals surface area contributed by atoms with Crippen LogP contribution in [0.5, 0.6) is 28.7 Å². The first-order valence-electron chi connectivity index (χ1n) is 20.7. The van der Waals surface area contributed by atoms with Crippen LogP contribution in [0.25, 0.3) is 49.9 Å². The maximum Gasteiger partial charge on any atom is 0.330 e. The van der Waals surface area contributed by atoms with E-state index in [1.54, 1.807) is 36.4 Å². The zero-order valence-corrected chi connectivity index (χ0v) is 34.5. The fourth-order valence-electron chi connectivity index (χ4n) is 7.73. The number of carbonyl (C=O) groups is 1. The Morgan fingerprint density at radius 3 is 1.98 bits per heavy atom. The van der Waals surface area contributed by atoms with E-state index in [0.29, 0.717) is 23.5 Å². The highest BCUT2D eigenvalue weighted by Crippen LogP contribution is 2.44. The van der Waals surface area contributed by atoms with Gasteiger partial charge in [0.25, 0.3) is 0 Å². The summed E-state index contributed by atoms with van der Waals surface area (Å²) in [5, 5.41) is 58.0. The molecule has 1 aromatic heterocycles. The molecule has 328 valence electrons. The van der Waals surface area contributed by atoms with Crippen molar-refractivity contribution in [1.82, 2.24) is 0 Å². The minimum Gasteiger partial charge on any atom is -0.508 e. The Hall–Kier alpha value is -7.68. The molecule has 1 saturated heterocycles. The van der Waals surface area contributed by atoms with Crippen LogP contribution < -0.4 is 19.6 Å². The molecule has 1 aliphatic heterocycles. The second kappa shape index (κ2) is 18.6. The highest BCUT2D eigenvalue weighted by Gasteiger charge is 2.46. The Balaban J connectivity index is 0.997. The maximum absolute atomic E-state index is 13.8. The molecule has 0 radical (unpaired) electrons. The number of hydrogen-bond donors (Lipinski definition) is 5. The molecule has 0 amide bonds. The summed E-state index contributed by atoms with van der Waals surface area (Å²) in [7, 11) is 0. The molecule has 0 aliphatic carbocycles. The zero-order valence-electron chi connectivity index (χ0n) is 34.5. The molecule has 1 aliphatic rings. The lowest BCUT2D eigenvalue weighted by atomic mass is 9.99. The summed E-state index contributed by atoms with van der Waals surface area (Å²) in [6.45, 7) is -0.317. The molecule has 2 heterocycles. The van der Waals surface area contributed by atoms with Crippen LogP contribution in [0, 0.1) is 0 Å². The van der Waals surface area contributed by atoms with Crippen molar-refractivity contribution in [2.45, 2.75) is 43.9 Å². The standard InChI is InChI=1S/C52H42O13/c53-36-20-15-30(16-21-36)17-24-45(55)61-29-44-47(56)49(58)50(59)52(65-44)64-43-26-42-46(48(57)51(43)62-28-35-12-6-10-32-8-2-4-14-39(32)35)40(54)25-41(63-42)33-18-22-37(23-19-33)60-27-34-11-5-9-31-7-1-3-13-38(31)34/h1-26,44,47,49-50,52-53,56-59H,27-29H2/b24-17+/t44-,47-,49+,50-,52-/m1/s1. The number of hydrogen-bond acceptors (Lipinski definition) is 13. The molecule has 5 N–H and O–H groups in total. The van der Waals surface area contributed by atoms with Crippen LogP contribution in [0.15, 0.2) is 161 Å². The average Bonchev–Trinajstić information content (AvgIpc) is 3.32. The molecule has 0 spiro atoms. The molecule has 0 unspecified atom stereocenters. The second-order valence-corrected chi connectivity index (χ2v) is 15.5. The number of rotatable bonds is 13. The summed E-state index contributed by atoms with van der Waals surface area (Å²) in [6.07, 6.45) is -5.91. The maximum atomic E-state index is 13.8. The van der Waals surface area contributed by atoms with Crippen molar-refractivity contribution in [2.75, 3.05) is 6.61 Å². The lowest BCUT2D eigenvalue weighted by Crippen LogP contribution is -2.60. The predicted molar refractivity (Wildman–Crippen MR) is 242 cm³/mol. The molecule has 1 fully saturated rings. The van der Waals surface area contributed by atoms with Crippen molar-refractivity contribution in [1.29, 1.82) is 0 Å². The van der Waals surface area contributed by atoms with Crippen molar-refractivity contribution in [2.24, 2.45) is 0 Å². The number of aromatic hydroxyl groups is 2. The normalized spacial score (nSPS) is 18.5. The van der Waals surface area contributed by atoms with Gasteiger partial charge in [0.2, 0.25) is 12.0 Å². The van der Waals surface area contributed by atoms with E-state index in [0.717, 1.165) is 38.7 Å². The number of ether oxygens (including phenoxy) is 5. The van der Waals surface area contributed by atoms with Crippen molar-refractivity contribution >= 4 is 44.6 Å². The van der Waals surface area contributed by atoms with Crippen molar-refractivity contribution in [3.63, 3.8) is 0 Å². The largest absolute Gasteiger partial charge is 0.508 e. The molecule has 5 atom stereocenters. The number of esters is 1. The Bertz CT molecular complexity index is 3080. The minimum atomic E-state index is -1.85. The van der Waals surface area contributed by atoms with E-state index in [9.17, 15) is 35.1 Å². The van der Waals surface area contributed by atoms with Crippen LogP contribution in [0.3, 0.4) is 0 Å². The second-order valence-electron chi connectivity index (χ2n) is 15.5. The van der Waals surface area contributed by atoms with E-state index in [-0.39, 0.29) is 40.6 Å². The topological polar surface area (TPSA) is 195 Å². The Morgan fingerprint density at radius 1 is 0.677 bits per heavy atom. The number of carbonyl (C=O) groups excluding carboxylic acids is 1. The summed E-state index contributed by atoms with van der Waals surface area (Å²) in [6, 6.07) is 43.0. The summed E-state index contributed by atoms with van der Waals surface area (Å²) in [5.74, 6) is -1.15. The highest BCUT2D eigenvalue weighted by atomic mass is 16.7. The molecule has 7 aromatic carbocycles. The predicted octanol–water partition coefficient (Wildman–Crippen LogP) is 7.78. The van der Waals surface area contributed by atoms with E-state index >= 15 is 0 Å². The van der Waals surface area contributed by atoms with Crippen LogP contribution in [0.1, 0.15) is 16.7 Å². The van der Waals surface area contributed by atoms with Gasteiger partial charge in [-0.05, 0) is 80.7 Å². The zero-order chi connectivity index (χ0) is 45.0. The molecule has 13 nitrogen and oxygen atoms in total. The van der Waals surface area contributed by atoms with Gasteiger partial charge in [-0.25, -0.2) is 4.79 Å². The molecule has 8 aromatic rings. The fraction of sp³-hybridized carbons (Fsp3) is 0.154. The lowest BCUT2D eigenvalue weighted by Gasteiger charge is -2.40. The molecule has 13 heteroatoms. The quantitative estimate of drug-likeness (QED) is 0.0557. The van der Waals surface area contributed by atoms with Crippen molar-refractivity contribution < 1.29 is 58.4 Å². The van der Waals surface area contributed by atoms with Gasteiger partial charge < -0.3 is 53.6 Å². The number of phenols is 2. The van der Waals surface area contributed by atoms with Crippen LogP contribution in [-0.2, 0) is 27.5 Å². The molecule has 0 bridgehead atoms. The first kappa shape index (κ1) is 42.6. The third-order valence-corrected chi connectivity index (χ3v) is 11.2. The van der Waals surface area contributed by atoms with Gasteiger partial charge in [-0.2, -0.15) is 0 Å². The molecule has 65 heavy (non-hydrogen) atoms. The summed E-state index contributed by atoms with van der Waals surface area (Å²) >= 11 is 0. The molecule has 0 saturated carbocycles. The summed E-state index contributed by atoms with van der Waals surface area (Å²) < 4.78 is 35.9. The molecular weight excluding hydrogens is 833 g/mol. The Kier molecular flexibility index (Phi) is 12.2. The summed E-state index contributed by atoms with van der Waals surface area (Å²) in [5.41, 5.74) is 2.21. The van der Waals surface area contributed by atoms with Gasteiger partial charge in [0.05, 0.1) is 0 Å². The first-order valence-corrected chi connectivity index (χ1v) is 20.7. The van der Waals surface area contributed by atoms with Gasteiger partial charge in [0.15, 0.2) is 16.9 Å². The van der Waals surface area contributed by atoms with Gasteiger partial charge in [0, 0.05) is 23.8 Å². The summed E-state index contributed by atoms with van der Waals surface area (Å²) in [4.78, 5) is 26.4. The number of aliphatic hydroxyl groups is 3. The van der Waals surface area contributed by atoms with E-state index in [2.05, 4.69) is 0 Å². The minimum absolute atomic E-state index is 0.0588. The van der Waals surface area contributed by atoms with Crippen LogP contribution >= 0.6 is 0 Å². The van der Waals surface area contributed by atoms with E-state index in [4.69, 9.17) is 28.1 Å². The van der Waals surface area contributed by atoms with Gasteiger partial charge in [-0.1, -0.05) is 97.1 Å². The Morgan fingerprint density at radius 2 is 1.31 bits per heavy atom. The number of fused-ring (bicyclic) bond motifs is 3. The highest BCUT2D eigenvalue weighted by molar-refractivity contribution is 5.90.